The Morgan fingerprint density at radius 2 is 1.70 bits per heavy atom. The number of hydrogen-bond donors (Lipinski definition) is 1. The molecule has 0 atom stereocenters. The highest BCUT2D eigenvalue weighted by atomic mass is 32.2. The van der Waals surface area contributed by atoms with E-state index in [0.29, 0.717) is 37.5 Å². The molecule has 0 bridgehead atoms. The minimum Gasteiger partial charge on any atom is -0.482 e. The summed E-state index contributed by atoms with van der Waals surface area (Å²) in [6, 6.07) is 17.5. The number of ether oxygens (including phenoxy) is 2. The number of nitrogens with one attached hydrogen (secondary N) is 1. The first-order valence-electron chi connectivity index (χ1n) is 11.9. The van der Waals surface area contributed by atoms with Gasteiger partial charge in [-0.15, -0.1) is 11.8 Å². The highest BCUT2D eigenvalue weighted by Crippen LogP contribution is 2.40. The summed E-state index contributed by atoms with van der Waals surface area (Å²) in [5.41, 5.74) is -0.713. The molecule has 1 aliphatic rings. The van der Waals surface area contributed by atoms with Crippen LogP contribution in [0.15, 0.2) is 71.6 Å². The van der Waals surface area contributed by atoms with Crippen molar-refractivity contribution in [3.05, 3.63) is 89.2 Å². The van der Waals surface area contributed by atoms with Crippen LogP contribution >= 0.6 is 11.8 Å². The third-order valence-electron chi connectivity index (χ3n) is 6.15. The molecule has 0 aliphatic carbocycles. The molecular weight excluding hydrogens is 506 g/mol. The van der Waals surface area contributed by atoms with Gasteiger partial charge in [0.25, 0.3) is 0 Å². The van der Waals surface area contributed by atoms with E-state index < -0.39 is 23.2 Å². The maximum absolute atomic E-state index is 13.9. The fourth-order valence-corrected chi connectivity index (χ4v) is 4.93. The Morgan fingerprint density at radius 1 is 1.03 bits per heavy atom. The number of anilines is 1. The SMILES string of the molecule is CCSc1ccc(CC(=O)Nc2ccc(OC3(c4ccc(F)c(C(F)(F)F)c4)CCOCC3)cc2)cc1. The molecule has 9 heteroatoms. The summed E-state index contributed by atoms with van der Waals surface area (Å²) < 4.78 is 65.6. The number of thioether (sulfide) groups is 1. The lowest BCUT2D eigenvalue weighted by molar-refractivity contribution is -0.140. The average Bonchev–Trinajstić information content (AvgIpc) is 2.87. The van der Waals surface area contributed by atoms with E-state index >= 15 is 0 Å². The Kier molecular flexibility index (Phi) is 8.44. The Hall–Kier alpha value is -3.04. The molecule has 1 fully saturated rings. The molecule has 1 amide bonds. The van der Waals surface area contributed by atoms with Crippen LogP contribution < -0.4 is 10.1 Å². The maximum atomic E-state index is 13.9. The summed E-state index contributed by atoms with van der Waals surface area (Å²) in [5, 5.41) is 2.85. The molecule has 0 radical (unpaired) electrons. The Bertz CT molecular complexity index is 1210. The molecular formula is C28H27F4NO3S. The van der Waals surface area contributed by atoms with Gasteiger partial charge in [-0.2, -0.15) is 13.2 Å². The van der Waals surface area contributed by atoms with Gasteiger partial charge in [0.2, 0.25) is 5.91 Å². The van der Waals surface area contributed by atoms with Gasteiger partial charge in [-0.25, -0.2) is 4.39 Å². The van der Waals surface area contributed by atoms with Crippen LogP contribution in [0.2, 0.25) is 0 Å². The number of carbonyl (C=O) groups excluding carboxylic acids is 1. The lowest BCUT2D eigenvalue weighted by atomic mass is 9.85. The quantitative estimate of drug-likeness (QED) is 0.245. The zero-order chi connectivity index (χ0) is 26.5. The van der Waals surface area contributed by atoms with Crippen molar-refractivity contribution >= 4 is 23.4 Å². The monoisotopic (exact) mass is 533 g/mol. The zero-order valence-electron chi connectivity index (χ0n) is 20.2. The predicted molar refractivity (Wildman–Crippen MR) is 135 cm³/mol. The number of amides is 1. The molecule has 1 aliphatic heterocycles. The van der Waals surface area contributed by atoms with Crippen LogP contribution in [0.3, 0.4) is 0 Å². The van der Waals surface area contributed by atoms with E-state index in [1.165, 1.54) is 6.07 Å². The van der Waals surface area contributed by atoms with Gasteiger partial charge < -0.3 is 14.8 Å². The van der Waals surface area contributed by atoms with Crippen LogP contribution in [0.5, 0.6) is 5.75 Å². The number of alkyl halides is 3. The first kappa shape index (κ1) is 27.0. The molecule has 37 heavy (non-hydrogen) atoms. The second-order valence-electron chi connectivity index (χ2n) is 8.73. The average molecular weight is 534 g/mol. The fourth-order valence-electron chi connectivity index (χ4n) is 4.27. The molecule has 1 heterocycles. The predicted octanol–water partition coefficient (Wildman–Crippen LogP) is 7.22. The van der Waals surface area contributed by atoms with E-state index in [1.807, 2.05) is 24.3 Å². The molecule has 1 saturated heterocycles. The molecule has 4 rings (SSSR count). The van der Waals surface area contributed by atoms with Gasteiger partial charge in [0, 0.05) is 23.4 Å². The van der Waals surface area contributed by atoms with Crippen molar-refractivity contribution in [3.8, 4) is 5.75 Å². The topological polar surface area (TPSA) is 47.6 Å². The number of hydrogen-bond acceptors (Lipinski definition) is 4. The van der Waals surface area contributed by atoms with Crippen molar-refractivity contribution in [2.45, 2.75) is 42.9 Å². The van der Waals surface area contributed by atoms with Gasteiger partial charge in [0.05, 0.1) is 25.2 Å². The van der Waals surface area contributed by atoms with Crippen LogP contribution in [0, 0.1) is 5.82 Å². The van der Waals surface area contributed by atoms with Gasteiger partial charge in [-0.1, -0.05) is 25.1 Å². The molecule has 3 aromatic rings. The van der Waals surface area contributed by atoms with Crippen LogP contribution in [-0.2, 0) is 27.7 Å². The Morgan fingerprint density at radius 3 is 2.32 bits per heavy atom. The lowest BCUT2D eigenvalue weighted by Crippen LogP contribution is -2.39. The van der Waals surface area contributed by atoms with Crippen LogP contribution in [0.25, 0.3) is 0 Å². The van der Waals surface area contributed by atoms with Crippen molar-refractivity contribution in [2.24, 2.45) is 0 Å². The Labute approximate surface area is 217 Å². The zero-order valence-corrected chi connectivity index (χ0v) is 21.1. The van der Waals surface area contributed by atoms with E-state index in [-0.39, 0.29) is 17.9 Å². The number of carbonyl (C=O) groups is 1. The van der Waals surface area contributed by atoms with Crippen molar-refractivity contribution in [2.75, 3.05) is 24.3 Å². The highest BCUT2D eigenvalue weighted by Gasteiger charge is 2.40. The summed E-state index contributed by atoms with van der Waals surface area (Å²) in [4.78, 5) is 13.6. The van der Waals surface area contributed by atoms with E-state index in [4.69, 9.17) is 9.47 Å². The minimum atomic E-state index is -4.82. The fraction of sp³-hybridized carbons (Fsp3) is 0.321. The van der Waals surface area contributed by atoms with Crippen molar-refractivity contribution in [3.63, 3.8) is 0 Å². The summed E-state index contributed by atoms with van der Waals surface area (Å²) >= 11 is 1.73. The van der Waals surface area contributed by atoms with Gasteiger partial charge >= 0.3 is 6.18 Å². The van der Waals surface area contributed by atoms with E-state index in [1.54, 1.807) is 36.0 Å². The van der Waals surface area contributed by atoms with Gasteiger partial charge in [-0.05, 0) is 65.4 Å². The van der Waals surface area contributed by atoms with E-state index in [9.17, 15) is 22.4 Å². The normalized spacial score (nSPS) is 15.3. The summed E-state index contributed by atoms with van der Waals surface area (Å²) in [6.45, 7) is 2.67. The summed E-state index contributed by atoms with van der Waals surface area (Å²) in [5.74, 6) is -0.0972. The molecule has 1 N–H and O–H groups in total. The van der Waals surface area contributed by atoms with E-state index in [0.717, 1.165) is 28.3 Å². The van der Waals surface area contributed by atoms with Crippen LogP contribution in [0.1, 0.15) is 36.5 Å². The highest BCUT2D eigenvalue weighted by molar-refractivity contribution is 7.99. The van der Waals surface area contributed by atoms with Crippen LogP contribution in [-0.4, -0.2) is 24.9 Å². The standard InChI is InChI=1S/C28H27F4NO3S/c1-2-37-23-10-3-19(4-11-23)17-26(34)33-21-6-8-22(9-7-21)36-27(13-15-35-16-14-27)20-5-12-25(29)24(18-20)28(30,31)32/h3-12,18H,2,13-17H2,1H3,(H,33,34). The Balaban J connectivity index is 1.46. The van der Waals surface area contributed by atoms with E-state index in [2.05, 4.69) is 12.2 Å². The molecule has 0 unspecified atom stereocenters. The van der Waals surface area contributed by atoms with Gasteiger partial charge in [0.15, 0.2) is 0 Å². The lowest BCUT2D eigenvalue weighted by Gasteiger charge is -2.38. The molecule has 0 saturated carbocycles. The second kappa shape index (κ2) is 11.6. The number of benzene rings is 3. The molecule has 3 aromatic carbocycles. The number of rotatable bonds is 8. The minimum absolute atomic E-state index is 0.170. The number of halogens is 4. The first-order valence-corrected chi connectivity index (χ1v) is 12.9. The van der Waals surface area contributed by atoms with Gasteiger partial charge in [0.1, 0.15) is 17.2 Å². The van der Waals surface area contributed by atoms with Gasteiger partial charge in [-0.3, -0.25) is 4.79 Å². The largest absolute Gasteiger partial charge is 0.482 e. The third kappa shape index (κ3) is 6.84. The molecule has 0 spiro atoms. The summed E-state index contributed by atoms with van der Waals surface area (Å²) in [6.07, 6.45) is -3.97. The first-order chi connectivity index (χ1) is 17.7. The molecule has 4 nitrogen and oxygen atoms in total. The van der Waals surface area contributed by atoms with Crippen molar-refractivity contribution < 1.29 is 31.8 Å². The summed E-state index contributed by atoms with van der Waals surface area (Å²) in [7, 11) is 0. The molecule has 196 valence electrons. The van der Waals surface area contributed by atoms with Crippen molar-refractivity contribution in [1.82, 2.24) is 0 Å². The van der Waals surface area contributed by atoms with Crippen LogP contribution in [0.4, 0.5) is 23.2 Å². The smallest absolute Gasteiger partial charge is 0.419 e. The molecule has 0 aromatic heterocycles. The van der Waals surface area contributed by atoms with Crippen molar-refractivity contribution in [1.29, 1.82) is 0 Å². The third-order valence-corrected chi connectivity index (χ3v) is 7.04. The maximum Gasteiger partial charge on any atom is 0.419 e. The second-order valence-corrected chi connectivity index (χ2v) is 10.1.